The minimum atomic E-state index is 0.473. The van der Waals surface area contributed by atoms with Crippen molar-refractivity contribution >= 4 is 11.9 Å². The summed E-state index contributed by atoms with van der Waals surface area (Å²) in [6.07, 6.45) is 1.90. The van der Waals surface area contributed by atoms with E-state index >= 15 is 0 Å². The quantitative estimate of drug-likeness (QED) is 0.855. The highest BCUT2D eigenvalue weighted by Gasteiger charge is 2.13. The molecule has 4 nitrogen and oxygen atoms in total. The summed E-state index contributed by atoms with van der Waals surface area (Å²) < 4.78 is 10.9. The molecule has 4 heteroatoms. The molecule has 0 bridgehead atoms. The summed E-state index contributed by atoms with van der Waals surface area (Å²) in [7, 11) is 1.65. The molecular formula is C16H16N2O2. The van der Waals surface area contributed by atoms with Gasteiger partial charge >= 0.3 is 0 Å². The van der Waals surface area contributed by atoms with Crippen molar-refractivity contribution < 1.29 is 9.47 Å². The maximum atomic E-state index is 5.80. The summed E-state index contributed by atoms with van der Waals surface area (Å²) >= 11 is 0. The van der Waals surface area contributed by atoms with Gasteiger partial charge in [0.05, 0.1) is 7.11 Å². The molecule has 0 aromatic heterocycles. The first-order valence-electron chi connectivity index (χ1n) is 6.47. The summed E-state index contributed by atoms with van der Waals surface area (Å²) in [5, 5.41) is 0. The highest BCUT2D eigenvalue weighted by atomic mass is 16.5. The summed E-state index contributed by atoms with van der Waals surface area (Å²) in [6, 6.07) is 15.7. The van der Waals surface area contributed by atoms with Gasteiger partial charge in [-0.05, 0) is 30.3 Å². The molecule has 1 aliphatic heterocycles. The molecule has 0 unspecified atom stereocenters. The van der Waals surface area contributed by atoms with Crippen LogP contribution in [-0.2, 0) is 0 Å². The van der Waals surface area contributed by atoms with E-state index in [1.54, 1.807) is 7.11 Å². The lowest BCUT2D eigenvalue weighted by Crippen LogP contribution is -2.31. The molecule has 3 rings (SSSR count). The van der Waals surface area contributed by atoms with E-state index in [9.17, 15) is 0 Å². The monoisotopic (exact) mass is 268 g/mol. The first-order valence-corrected chi connectivity index (χ1v) is 6.47. The van der Waals surface area contributed by atoms with Gasteiger partial charge in [-0.3, -0.25) is 4.99 Å². The molecule has 0 saturated carbocycles. The van der Waals surface area contributed by atoms with Crippen LogP contribution in [0.5, 0.6) is 11.5 Å². The van der Waals surface area contributed by atoms with Crippen molar-refractivity contribution in [2.75, 3.05) is 25.4 Å². The molecule has 102 valence electrons. The summed E-state index contributed by atoms with van der Waals surface area (Å²) in [5.41, 5.74) is 2.27. The Morgan fingerprint density at radius 2 is 1.80 bits per heavy atom. The molecule has 20 heavy (non-hydrogen) atoms. The second-order valence-electron chi connectivity index (χ2n) is 4.50. The van der Waals surface area contributed by atoms with E-state index in [0.717, 1.165) is 22.7 Å². The molecule has 0 aliphatic carbocycles. The molecule has 0 radical (unpaired) electrons. The molecule has 0 N–H and O–H groups in total. The SMILES string of the molecule is COc1ccc(OCN2CN=Cc3ccccc32)cc1. The Morgan fingerprint density at radius 3 is 2.60 bits per heavy atom. The first kappa shape index (κ1) is 12.5. The van der Waals surface area contributed by atoms with Crippen molar-refractivity contribution in [1.29, 1.82) is 0 Å². The Kier molecular flexibility index (Phi) is 3.54. The zero-order chi connectivity index (χ0) is 13.8. The van der Waals surface area contributed by atoms with Crippen LogP contribution in [0.1, 0.15) is 5.56 Å². The number of nitrogens with zero attached hydrogens (tertiary/aromatic N) is 2. The van der Waals surface area contributed by atoms with Crippen molar-refractivity contribution in [3.8, 4) is 11.5 Å². The Morgan fingerprint density at radius 1 is 1.05 bits per heavy atom. The Bertz CT molecular complexity index is 608. The van der Waals surface area contributed by atoms with Gasteiger partial charge in [-0.15, -0.1) is 0 Å². The van der Waals surface area contributed by atoms with Gasteiger partial charge in [0.15, 0.2) is 6.73 Å². The Labute approximate surface area is 118 Å². The number of anilines is 1. The largest absolute Gasteiger partial charge is 0.497 e. The van der Waals surface area contributed by atoms with Gasteiger partial charge in [0.2, 0.25) is 0 Å². The highest BCUT2D eigenvalue weighted by molar-refractivity contribution is 5.89. The van der Waals surface area contributed by atoms with Gasteiger partial charge in [-0.2, -0.15) is 0 Å². The summed E-state index contributed by atoms with van der Waals surface area (Å²) in [5.74, 6) is 1.64. The van der Waals surface area contributed by atoms with Crippen LogP contribution in [0.25, 0.3) is 0 Å². The molecular weight excluding hydrogens is 252 g/mol. The van der Waals surface area contributed by atoms with Crippen LogP contribution in [0.2, 0.25) is 0 Å². The van der Waals surface area contributed by atoms with Crippen molar-refractivity contribution in [1.82, 2.24) is 0 Å². The van der Waals surface area contributed by atoms with Crippen LogP contribution in [0, 0.1) is 0 Å². The number of aliphatic imine (C=N–C) groups is 1. The van der Waals surface area contributed by atoms with Crippen LogP contribution in [0.4, 0.5) is 5.69 Å². The fraction of sp³-hybridized carbons (Fsp3) is 0.188. The van der Waals surface area contributed by atoms with E-state index in [0.29, 0.717) is 13.4 Å². The second-order valence-corrected chi connectivity index (χ2v) is 4.50. The minimum Gasteiger partial charge on any atom is -0.497 e. The molecule has 2 aromatic rings. The van der Waals surface area contributed by atoms with Gasteiger partial charge in [0.25, 0.3) is 0 Å². The van der Waals surface area contributed by atoms with E-state index in [4.69, 9.17) is 9.47 Å². The van der Waals surface area contributed by atoms with E-state index in [1.165, 1.54) is 0 Å². The lowest BCUT2D eigenvalue weighted by atomic mass is 10.1. The van der Waals surface area contributed by atoms with Crippen LogP contribution in [0.3, 0.4) is 0 Å². The number of methoxy groups -OCH3 is 1. The third-order valence-electron chi connectivity index (χ3n) is 3.21. The van der Waals surface area contributed by atoms with Gasteiger partial charge in [0.1, 0.15) is 18.2 Å². The average molecular weight is 268 g/mol. The van der Waals surface area contributed by atoms with Crippen molar-refractivity contribution in [2.24, 2.45) is 4.99 Å². The van der Waals surface area contributed by atoms with Crippen LogP contribution in [-0.4, -0.2) is 26.7 Å². The van der Waals surface area contributed by atoms with E-state index in [2.05, 4.69) is 22.0 Å². The third kappa shape index (κ3) is 2.59. The zero-order valence-electron chi connectivity index (χ0n) is 11.3. The second kappa shape index (κ2) is 5.65. The number of hydrogen-bond acceptors (Lipinski definition) is 4. The molecule has 0 saturated heterocycles. The lowest BCUT2D eigenvalue weighted by Gasteiger charge is -2.27. The van der Waals surface area contributed by atoms with Crippen molar-refractivity contribution in [2.45, 2.75) is 0 Å². The van der Waals surface area contributed by atoms with E-state index < -0.39 is 0 Å². The smallest absolute Gasteiger partial charge is 0.162 e. The number of benzene rings is 2. The molecule has 1 aliphatic rings. The minimum absolute atomic E-state index is 0.473. The first-order chi connectivity index (χ1) is 9.86. The van der Waals surface area contributed by atoms with Gasteiger partial charge in [-0.1, -0.05) is 18.2 Å². The van der Waals surface area contributed by atoms with Crippen LogP contribution >= 0.6 is 0 Å². The topological polar surface area (TPSA) is 34.1 Å². The van der Waals surface area contributed by atoms with Gasteiger partial charge in [-0.25, -0.2) is 0 Å². The van der Waals surface area contributed by atoms with Gasteiger partial charge in [0, 0.05) is 17.5 Å². The number of fused-ring (bicyclic) bond motifs is 1. The number of para-hydroxylation sites is 1. The molecule has 0 amide bonds. The standard InChI is InChI=1S/C16H16N2O2/c1-19-14-6-8-15(9-7-14)20-12-18-11-17-10-13-4-2-3-5-16(13)18/h2-10H,11-12H2,1H3. The van der Waals surface area contributed by atoms with Gasteiger partial charge < -0.3 is 14.4 Å². The fourth-order valence-electron chi connectivity index (χ4n) is 2.13. The molecule has 0 fully saturated rings. The van der Waals surface area contributed by atoms with Crippen LogP contribution in [0.15, 0.2) is 53.5 Å². The summed E-state index contributed by atoms with van der Waals surface area (Å²) in [4.78, 5) is 6.44. The average Bonchev–Trinajstić information content (AvgIpc) is 2.53. The predicted molar refractivity (Wildman–Crippen MR) is 79.9 cm³/mol. The molecule has 0 atom stereocenters. The Balaban J connectivity index is 1.68. The van der Waals surface area contributed by atoms with E-state index in [-0.39, 0.29) is 0 Å². The zero-order valence-corrected chi connectivity index (χ0v) is 11.3. The summed E-state index contributed by atoms with van der Waals surface area (Å²) in [6.45, 7) is 1.09. The third-order valence-corrected chi connectivity index (χ3v) is 3.21. The van der Waals surface area contributed by atoms with E-state index in [1.807, 2.05) is 42.6 Å². The fourth-order valence-corrected chi connectivity index (χ4v) is 2.13. The number of ether oxygens (including phenoxy) is 2. The highest BCUT2D eigenvalue weighted by Crippen LogP contribution is 2.23. The maximum absolute atomic E-state index is 5.80. The molecule has 1 heterocycles. The maximum Gasteiger partial charge on any atom is 0.162 e. The van der Waals surface area contributed by atoms with Crippen molar-refractivity contribution in [3.63, 3.8) is 0 Å². The Hall–Kier alpha value is -2.49. The number of rotatable bonds is 4. The molecule has 2 aromatic carbocycles. The predicted octanol–water partition coefficient (Wildman–Crippen LogP) is 2.93. The lowest BCUT2D eigenvalue weighted by molar-refractivity contribution is 0.313. The molecule has 0 spiro atoms. The van der Waals surface area contributed by atoms with Crippen LogP contribution < -0.4 is 14.4 Å². The van der Waals surface area contributed by atoms with Crippen molar-refractivity contribution in [3.05, 3.63) is 54.1 Å². The number of hydrogen-bond donors (Lipinski definition) is 0. The normalized spacial score (nSPS) is 12.9.